The van der Waals surface area contributed by atoms with E-state index in [9.17, 15) is 0 Å². The van der Waals surface area contributed by atoms with Crippen LogP contribution < -0.4 is 11.1 Å². The van der Waals surface area contributed by atoms with Crippen molar-refractivity contribution in [3.8, 4) is 0 Å². The number of morpholine rings is 1. The number of nitrogens with zero attached hydrogens (tertiary/aromatic N) is 2. The second-order valence-corrected chi connectivity index (χ2v) is 5.03. The summed E-state index contributed by atoms with van der Waals surface area (Å²) in [6, 6.07) is 8.39. The number of hydrogen-bond acceptors (Lipinski definition) is 3. The molecule has 1 heterocycles. The van der Waals surface area contributed by atoms with Crippen LogP contribution in [0, 0.1) is 0 Å². The lowest BCUT2D eigenvalue weighted by molar-refractivity contribution is 0.0341. The summed E-state index contributed by atoms with van der Waals surface area (Å²) in [5.41, 5.74) is 8.33. The van der Waals surface area contributed by atoms with Gasteiger partial charge < -0.3 is 15.8 Å². The summed E-state index contributed by atoms with van der Waals surface area (Å²) in [6.07, 6.45) is 1.76. The van der Waals surface area contributed by atoms with Gasteiger partial charge >= 0.3 is 0 Å². The highest BCUT2D eigenvalue weighted by Crippen LogP contribution is 2.14. The molecule has 1 aromatic rings. The van der Waals surface area contributed by atoms with Crippen molar-refractivity contribution >= 4 is 5.96 Å². The molecule has 0 amide bonds. The molecular weight excluding hydrogens is 264 g/mol. The summed E-state index contributed by atoms with van der Waals surface area (Å²) in [7, 11) is 0. The van der Waals surface area contributed by atoms with Gasteiger partial charge in [0.2, 0.25) is 0 Å². The van der Waals surface area contributed by atoms with Crippen LogP contribution in [0.1, 0.15) is 11.1 Å². The molecule has 1 aliphatic rings. The van der Waals surface area contributed by atoms with Crippen molar-refractivity contribution < 1.29 is 4.74 Å². The highest BCUT2D eigenvalue weighted by Gasteiger charge is 2.12. The Bertz CT molecular complexity index is 481. The van der Waals surface area contributed by atoms with Crippen molar-refractivity contribution in [1.29, 1.82) is 0 Å². The van der Waals surface area contributed by atoms with Gasteiger partial charge in [-0.15, -0.1) is 6.58 Å². The number of nitrogens with two attached hydrogens (primary N) is 1. The van der Waals surface area contributed by atoms with Gasteiger partial charge in [0.15, 0.2) is 5.96 Å². The van der Waals surface area contributed by atoms with E-state index in [0.717, 1.165) is 32.8 Å². The first-order valence-corrected chi connectivity index (χ1v) is 7.31. The Morgan fingerprint density at radius 2 is 2.05 bits per heavy atom. The molecule has 2 rings (SSSR count). The molecule has 1 aliphatic heterocycles. The second-order valence-electron chi connectivity index (χ2n) is 5.03. The maximum atomic E-state index is 5.81. The van der Waals surface area contributed by atoms with Crippen molar-refractivity contribution in [1.82, 2.24) is 10.2 Å². The quantitative estimate of drug-likeness (QED) is 0.467. The molecule has 0 spiro atoms. The van der Waals surface area contributed by atoms with Crippen LogP contribution in [0.25, 0.3) is 0 Å². The fourth-order valence-corrected chi connectivity index (χ4v) is 2.27. The highest BCUT2D eigenvalue weighted by molar-refractivity contribution is 5.77. The molecular formula is C16H24N4O. The lowest BCUT2D eigenvalue weighted by Crippen LogP contribution is -2.35. The molecule has 5 heteroatoms. The number of hydrogen-bond donors (Lipinski definition) is 2. The predicted molar refractivity (Wildman–Crippen MR) is 86.1 cm³/mol. The SMILES string of the molecule is C=CCNC(N)=NCc1ccccc1CN1CCOCC1. The van der Waals surface area contributed by atoms with Crippen LogP contribution in [0.5, 0.6) is 0 Å². The van der Waals surface area contributed by atoms with Crippen molar-refractivity contribution in [2.45, 2.75) is 13.1 Å². The Morgan fingerprint density at radius 1 is 1.33 bits per heavy atom. The van der Waals surface area contributed by atoms with Gasteiger partial charge in [-0.1, -0.05) is 30.3 Å². The monoisotopic (exact) mass is 288 g/mol. The molecule has 0 aliphatic carbocycles. The van der Waals surface area contributed by atoms with Crippen molar-refractivity contribution in [3.63, 3.8) is 0 Å². The maximum absolute atomic E-state index is 5.81. The summed E-state index contributed by atoms with van der Waals surface area (Å²) in [4.78, 5) is 6.79. The lowest BCUT2D eigenvalue weighted by Gasteiger charge is -2.27. The summed E-state index contributed by atoms with van der Waals surface area (Å²) in [5, 5.41) is 2.99. The van der Waals surface area contributed by atoms with E-state index in [1.54, 1.807) is 6.08 Å². The maximum Gasteiger partial charge on any atom is 0.189 e. The van der Waals surface area contributed by atoms with Gasteiger partial charge in [0.25, 0.3) is 0 Å². The molecule has 0 atom stereocenters. The Balaban J connectivity index is 1.97. The first-order valence-electron chi connectivity index (χ1n) is 7.31. The molecule has 1 saturated heterocycles. The van der Waals surface area contributed by atoms with Gasteiger partial charge in [0.05, 0.1) is 19.8 Å². The number of rotatable bonds is 6. The number of guanidine groups is 1. The fraction of sp³-hybridized carbons (Fsp3) is 0.438. The van der Waals surface area contributed by atoms with Crippen LogP contribution >= 0.6 is 0 Å². The minimum Gasteiger partial charge on any atom is -0.379 e. The molecule has 0 unspecified atom stereocenters. The molecule has 0 bridgehead atoms. The van der Waals surface area contributed by atoms with Crippen LogP contribution in [-0.2, 0) is 17.8 Å². The van der Waals surface area contributed by atoms with E-state index in [0.29, 0.717) is 19.0 Å². The summed E-state index contributed by atoms with van der Waals surface area (Å²) in [6.45, 7) is 9.41. The van der Waals surface area contributed by atoms with Crippen LogP contribution in [0.3, 0.4) is 0 Å². The zero-order chi connectivity index (χ0) is 14.9. The van der Waals surface area contributed by atoms with E-state index < -0.39 is 0 Å². The lowest BCUT2D eigenvalue weighted by atomic mass is 10.1. The smallest absolute Gasteiger partial charge is 0.189 e. The fourth-order valence-electron chi connectivity index (χ4n) is 2.27. The number of nitrogens with one attached hydrogen (secondary N) is 1. The molecule has 0 radical (unpaired) electrons. The zero-order valence-electron chi connectivity index (χ0n) is 12.4. The Labute approximate surface area is 126 Å². The number of aliphatic imine (C=N–C) groups is 1. The van der Waals surface area contributed by atoms with Gasteiger partial charge in [-0.3, -0.25) is 4.90 Å². The molecule has 21 heavy (non-hydrogen) atoms. The van der Waals surface area contributed by atoms with Gasteiger partial charge in [0.1, 0.15) is 0 Å². The van der Waals surface area contributed by atoms with Gasteiger partial charge in [0, 0.05) is 26.2 Å². The second kappa shape index (κ2) is 8.44. The standard InChI is InChI=1S/C16H24N4O/c1-2-7-18-16(17)19-12-14-5-3-4-6-15(14)13-20-8-10-21-11-9-20/h2-6H,1,7-13H2,(H3,17,18,19). The van der Waals surface area contributed by atoms with E-state index >= 15 is 0 Å². The van der Waals surface area contributed by atoms with E-state index in [2.05, 4.69) is 40.0 Å². The van der Waals surface area contributed by atoms with Gasteiger partial charge in [-0.05, 0) is 11.1 Å². The third-order valence-electron chi connectivity index (χ3n) is 3.46. The molecule has 5 nitrogen and oxygen atoms in total. The first-order chi connectivity index (χ1) is 10.3. The molecule has 0 aromatic heterocycles. The van der Waals surface area contributed by atoms with Gasteiger partial charge in [-0.25, -0.2) is 4.99 Å². The Hall–Kier alpha value is -1.85. The van der Waals surface area contributed by atoms with Crippen molar-refractivity contribution in [2.75, 3.05) is 32.8 Å². The molecule has 1 aromatic carbocycles. The van der Waals surface area contributed by atoms with Crippen LogP contribution in [-0.4, -0.2) is 43.7 Å². The molecule has 1 fully saturated rings. The van der Waals surface area contributed by atoms with E-state index in [1.807, 2.05) is 6.07 Å². The van der Waals surface area contributed by atoms with Crippen LogP contribution in [0.4, 0.5) is 0 Å². The highest BCUT2D eigenvalue weighted by atomic mass is 16.5. The molecule has 0 saturated carbocycles. The average Bonchev–Trinajstić information content (AvgIpc) is 2.53. The summed E-state index contributed by atoms with van der Waals surface area (Å²) in [5.74, 6) is 0.455. The van der Waals surface area contributed by atoms with E-state index in [1.165, 1.54) is 11.1 Å². The molecule has 114 valence electrons. The van der Waals surface area contributed by atoms with E-state index in [4.69, 9.17) is 10.5 Å². The number of benzene rings is 1. The third-order valence-corrected chi connectivity index (χ3v) is 3.46. The van der Waals surface area contributed by atoms with Crippen LogP contribution in [0.2, 0.25) is 0 Å². The minimum atomic E-state index is 0.455. The Kier molecular flexibility index (Phi) is 6.24. The summed E-state index contributed by atoms with van der Waals surface area (Å²) >= 11 is 0. The van der Waals surface area contributed by atoms with Gasteiger partial charge in [-0.2, -0.15) is 0 Å². The first kappa shape index (κ1) is 15.5. The van der Waals surface area contributed by atoms with Crippen molar-refractivity contribution in [3.05, 3.63) is 48.0 Å². The molecule has 3 N–H and O–H groups in total. The van der Waals surface area contributed by atoms with Crippen LogP contribution in [0.15, 0.2) is 41.9 Å². The number of ether oxygens (including phenoxy) is 1. The van der Waals surface area contributed by atoms with Crippen molar-refractivity contribution in [2.24, 2.45) is 10.7 Å². The minimum absolute atomic E-state index is 0.455. The zero-order valence-corrected chi connectivity index (χ0v) is 12.4. The topological polar surface area (TPSA) is 62.9 Å². The van der Waals surface area contributed by atoms with E-state index in [-0.39, 0.29) is 0 Å². The third kappa shape index (κ3) is 5.21. The average molecular weight is 288 g/mol. The predicted octanol–water partition coefficient (Wildman–Crippen LogP) is 1.11. The Morgan fingerprint density at radius 3 is 2.76 bits per heavy atom. The largest absolute Gasteiger partial charge is 0.379 e. The summed E-state index contributed by atoms with van der Waals surface area (Å²) < 4.78 is 5.39. The normalized spacial score (nSPS) is 16.7.